The van der Waals surface area contributed by atoms with Crippen molar-refractivity contribution in [3.05, 3.63) is 75.0 Å². The van der Waals surface area contributed by atoms with Gasteiger partial charge >= 0.3 is 5.97 Å². The smallest absolute Gasteiger partial charge is 0.305 e. The Morgan fingerprint density at radius 3 is 2.05 bits per heavy atom. The van der Waals surface area contributed by atoms with E-state index in [4.69, 9.17) is 9.84 Å². The zero-order valence-electron chi connectivity index (χ0n) is 23.2. The van der Waals surface area contributed by atoms with Crippen molar-refractivity contribution >= 4 is 23.2 Å². The molecular formula is C31H39NO4S. The summed E-state index contributed by atoms with van der Waals surface area (Å²) in [5.74, 6) is -0.406. The third kappa shape index (κ3) is 7.22. The number of thiophene rings is 1. The van der Waals surface area contributed by atoms with Crippen LogP contribution in [0.1, 0.15) is 85.3 Å². The van der Waals surface area contributed by atoms with Gasteiger partial charge in [0.15, 0.2) is 0 Å². The second-order valence-electron chi connectivity index (χ2n) is 11.7. The van der Waals surface area contributed by atoms with E-state index in [0.29, 0.717) is 4.88 Å². The molecule has 1 amide bonds. The van der Waals surface area contributed by atoms with E-state index < -0.39 is 5.97 Å². The fourth-order valence-electron chi connectivity index (χ4n) is 4.37. The lowest BCUT2D eigenvalue weighted by molar-refractivity contribution is -0.136. The largest absolute Gasteiger partial charge is 0.484 e. The van der Waals surface area contributed by atoms with Crippen molar-refractivity contribution in [1.29, 1.82) is 0 Å². The number of carbonyl (C=O) groups excluding carboxylic acids is 1. The normalized spacial score (nSPS) is 12.8. The number of hydrogen-bond acceptors (Lipinski definition) is 4. The Morgan fingerprint density at radius 1 is 0.946 bits per heavy atom. The summed E-state index contributed by atoms with van der Waals surface area (Å²) in [6.45, 7) is 17.4. The van der Waals surface area contributed by atoms with Crippen LogP contribution < -0.4 is 10.1 Å². The fourth-order valence-corrected chi connectivity index (χ4v) is 5.57. The Hall–Kier alpha value is -3.12. The maximum atomic E-state index is 12.5. The topological polar surface area (TPSA) is 75.6 Å². The highest BCUT2D eigenvalue weighted by molar-refractivity contribution is 7.14. The van der Waals surface area contributed by atoms with Gasteiger partial charge in [-0.2, -0.15) is 0 Å². The molecule has 0 saturated carbocycles. The zero-order chi connectivity index (χ0) is 27.5. The lowest BCUT2D eigenvalue weighted by atomic mass is 9.85. The van der Waals surface area contributed by atoms with Gasteiger partial charge in [0, 0.05) is 16.8 Å². The molecule has 3 aromatic rings. The molecule has 1 heterocycles. The molecule has 6 heteroatoms. The van der Waals surface area contributed by atoms with E-state index in [1.54, 1.807) is 6.07 Å². The highest BCUT2D eigenvalue weighted by Gasteiger charge is 2.31. The summed E-state index contributed by atoms with van der Waals surface area (Å²) in [7, 11) is 0. The number of hydrogen-bond donors (Lipinski definition) is 2. The molecule has 0 unspecified atom stereocenters. The number of carbonyl (C=O) groups is 2. The number of amides is 1. The van der Waals surface area contributed by atoms with E-state index in [0.717, 1.165) is 21.8 Å². The standard InChI is InChI=1S/C31H39NO4S/c1-19-17-23(18-20(2)27(19)21-9-11-22(12-10-21)30(3,4)5)36-28(31(6,7)8)24-13-14-25(37-24)29(35)32-16-15-26(33)34/h9-14,17-18,28H,15-16H2,1-8H3,(H,32,35)(H,33,34)/t28-/m0/s1. The molecule has 2 N–H and O–H groups in total. The summed E-state index contributed by atoms with van der Waals surface area (Å²) in [5.41, 5.74) is 5.92. The Morgan fingerprint density at radius 2 is 1.54 bits per heavy atom. The number of aryl methyl sites for hydroxylation is 2. The summed E-state index contributed by atoms with van der Waals surface area (Å²) in [6, 6.07) is 16.7. The van der Waals surface area contributed by atoms with Crippen LogP contribution in [-0.4, -0.2) is 23.5 Å². The predicted octanol–water partition coefficient (Wildman–Crippen LogP) is 7.70. The molecule has 0 aliphatic rings. The minimum Gasteiger partial charge on any atom is -0.484 e. The average molecular weight is 522 g/mol. The monoisotopic (exact) mass is 521 g/mol. The molecule has 0 spiro atoms. The Balaban J connectivity index is 1.84. The Labute approximate surface area is 224 Å². The second kappa shape index (κ2) is 11.1. The number of ether oxygens (including phenoxy) is 1. The van der Waals surface area contributed by atoms with Crippen LogP contribution in [0.3, 0.4) is 0 Å². The molecular weight excluding hydrogens is 482 g/mol. The first-order valence-electron chi connectivity index (χ1n) is 12.7. The Kier molecular flexibility index (Phi) is 8.53. The third-order valence-electron chi connectivity index (χ3n) is 6.32. The first-order valence-corrected chi connectivity index (χ1v) is 13.5. The first-order chi connectivity index (χ1) is 17.2. The maximum Gasteiger partial charge on any atom is 0.305 e. The molecule has 2 aromatic carbocycles. The number of carboxylic acids is 1. The quantitative estimate of drug-likeness (QED) is 0.318. The zero-order valence-corrected chi connectivity index (χ0v) is 24.0. The average Bonchev–Trinajstić information content (AvgIpc) is 3.25. The second-order valence-corrected chi connectivity index (χ2v) is 12.8. The van der Waals surface area contributed by atoms with E-state index >= 15 is 0 Å². The molecule has 1 aromatic heterocycles. The van der Waals surface area contributed by atoms with Gasteiger partial charge in [-0.1, -0.05) is 65.8 Å². The van der Waals surface area contributed by atoms with Crippen molar-refractivity contribution in [2.75, 3.05) is 6.54 Å². The molecule has 198 valence electrons. The van der Waals surface area contributed by atoms with Crippen LogP contribution in [0, 0.1) is 19.3 Å². The van der Waals surface area contributed by atoms with Gasteiger partial charge in [-0.3, -0.25) is 9.59 Å². The molecule has 0 radical (unpaired) electrons. The van der Waals surface area contributed by atoms with Gasteiger partial charge in [0.25, 0.3) is 5.91 Å². The van der Waals surface area contributed by atoms with E-state index in [2.05, 4.69) is 97.1 Å². The Bertz CT molecular complexity index is 1240. The van der Waals surface area contributed by atoms with Crippen LogP contribution in [0.4, 0.5) is 0 Å². The number of aliphatic carboxylic acids is 1. The minimum atomic E-state index is -0.938. The molecule has 0 aliphatic heterocycles. The van der Waals surface area contributed by atoms with Crippen molar-refractivity contribution in [3.8, 4) is 16.9 Å². The summed E-state index contributed by atoms with van der Waals surface area (Å²) in [6.07, 6.45) is -0.360. The van der Waals surface area contributed by atoms with Gasteiger partial charge in [-0.25, -0.2) is 0 Å². The van der Waals surface area contributed by atoms with E-state index in [-0.39, 0.29) is 35.8 Å². The number of nitrogens with one attached hydrogen (secondary N) is 1. The summed E-state index contributed by atoms with van der Waals surface area (Å²) < 4.78 is 6.59. The molecule has 0 aliphatic carbocycles. The van der Waals surface area contributed by atoms with Crippen LogP contribution >= 0.6 is 11.3 Å². The van der Waals surface area contributed by atoms with Crippen LogP contribution in [0.15, 0.2) is 48.5 Å². The van der Waals surface area contributed by atoms with Gasteiger partial charge in [-0.05, 0) is 71.3 Å². The summed E-state index contributed by atoms with van der Waals surface area (Å²) in [4.78, 5) is 24.7. The van der Waals surface area contributed by atoms with Gasteiger partial charge in [0.1, 0.15) is 11.9 Å². The summed E-state index contributed by atoms with van der Waals surface area (Å²) in [5, 5.41) is 11.5. The van der Waals surface area contributed by atoms with E-state index in [9.17, 15) is 9.59 Å². The lowest BCUT2D eigenvalue weighted by Crippen LogP contribution is -2.25. The van der Waals surface area contributed by atoms with Gasteiger partial charge in [-0.15, -0.1) is 11.3 Å². The van der Waals surface area contributed by atoms with Crippen LogP contribution in [0.5, 0.6) is 5.75 Å². The molecule has 3 rings (SSSR count). The predicted molar refractivity (Wildman–Crippen MR) is 152 cm³/mol. The molecule has 0 fully saturated rings. The summed E-state index contributed by atoms with van der Waals surface area (Å²) >= 11 is 1.38. The maximum absolute atomic E-state index is 12.5. The SMILES string of the molecule is Cc1cc(O[C@@H](c2ccc(C(=O)NCCC(=O)O)s2)C(C)(C)C)cc(C)c1-c1ccc(C(C)(C)C)cc1. The highest BCUT2D eigenvalue weighted by atomic mass is 32.1. The van der Waals surface area contributed by atoms with Crippen molar-refractivity contribution in [2.24, 2.45) is 5.41 Å². The van der Waals surface area contributed by atoms with Crippen LogP contribution in [-0.2, 0) is 10.2 Å². The van der Waals surface area contributed by atoms with Crippen molar-refractivity contribution in [1.82, 2.24) is 5.32 Å². The van der Waals surface area contributed by atoms with Gasteiger partial charge in [0.2, 0.25) is 0 Å². The molecule has 0 bridgehead atoms. The first kappa shape index (κ1) is 28.5. The number of rotatable bonds is 8. The van der Waals surface area contributed by atoms with Crippen molar-refractivity contribution in [2.45, 2.75) is 73.3 Å². The van der Waals surface area contributed by atoms with Crippen LogP contribution in [0.25, 0.3) is 11.1 Å². The van der Waals surface area contributed by atoms with Gasteiger partial charge in [0.05, 0.1) is 11.3 Å². The van der Waals surface area contributed by atoms with Gasteiger partial charge < -0.3 is 15.2 Å². The molecule has 37 heavy (non-hydrogen) atoms. The van der Waals surface area contributed by atoms with E-state index in [1.165, 1.54) is 28.0 Å². The minimum absolute atomic E-state index is 0.102. The highest BCUT2D eigenvalue weighted by Crippen LogP contribution is 2.41. The third-order valence-corrected chi connectivity index (χ3v) is 7.45. The fraction of sp³-hybridized carbons (Fsp3) is 0.419. The van der Waals surface area contributed by atoms with Crippen LogP contribution in [0.2, 0.25) is 0 Å². The number of carboxylic acid groups (broad SMARTS) is 1. The van der Waals surface area contributed by atoms with Crippen molar-refractivity contribution in [3.63, 3.8) is 0 Å². The molecule has 0 saturated heterocycles. The lowest BCUT2D eigenvalue weighted by Gasteiger charge is -2.31. The van der Waals surface area contributed by atoms with Crippen molar-refractivity contribution < 1.29 is 19.4 Å². The molecule has 1 atom stereocenters. The number of benzene rings is 2. The molecule has 5 nitrogen and oxygen atoms in total. The van der Waals surface area contributed by atoms with E-state index in [1.807, 2.05) is 6.07 Å².